The van der Waals surface area contributed by atoms with E-state index >= 15 is 0 Å². The summed E-state index contributed by atoms with van der Waals surface area (Å²) in [6.45, 7) is -1.85. The van der Waals surface area contributed by atoms with E-state index in [0.29, 0.717) is 0 Å². The Labute approximate surface area is 62.3 Å². The van der Waals surface area contributed by atoms with Crippen molar-refractivity contribution < 1.29 is 22.7 Å². The molecule has 0 N–H and O–H groups in total. The maximum atomic E-state index is 12.0. The van der Waals surface area contributed by atoms with Crippen molar-refractivity contribution in [3.05, 3.63) is 0 Å². The number of ether oxygens (including phenoxy) is 1. The summed E-state index contributed by atoms with van der Waals surface area (Å²) in [6, 6.07) is 0. The second-order valence-electron chi connectivity index (χ2n) is 2.07. The average Bonchev–Trinajstić information content (AvgIpc) is 1.82. The third-order valence-electron chi connectivity index (χ3n) is 0.967. The molecule has 1 atom stereocenters. The molecule has 0 aliphatic carbocycles. The number of alkyl halides is 3. The Morgan fingerprint density at radius 2 is 2.00 bits per heavy atom. The molecule has 0 aliphatic rings. The molecule has 0 bridgehead atoms. The molecule has 66 valence electrons. The summed E-state index contributed by atoms with van der Waals surface area (Å²) >= 11 is 0. The van der Waals surface area contributed by atoms with E-state index < -0.39 is 18.8 Å². The van der Waals surface area contributed by atoms with Gasteiger partial charge in [0.1, 0.15) is 0 Å². The predicted octanol–water partition coefficient (Wildman–Crippen LogP) is 1.89. The van der Waals surface area contributed by atoms with Crippen LogP contribution >= 0.6 is 0 Å². The third-order valence-corrected chi connectivity index (χ3v) is 0.967. The molecule has 0 aromatic heterocycles. The van der Waals surface area contributed by atoms with Gasteiger partial charge in [-0.25, -0.2) is 4.39 Å². The number of rotatable bonds is 4. The van der Waals surface area contributed by atoms with Gasteiger partial charge in [0.2, 0.25) is 0 Å². The van der Waals surface area contributed by atoms with Gasteiger partial charge in [0.15, 0.2) is 0 Å². The monoisotopic (exact) mass is 170 g/mol. The van der Waals surface area contributed by atoms with Crippen molar-refractivity contribution in [1.29, 1.82) is 0 Å². The van der Waals surface area contributed by atoms with E-state index in [1.165, 1.54) is 6.92 Å². The van der Waals surface area contributed by atoms with Gasteiger partial charge in [-0.2, -0.15) is 8.78 Å². The van der Waals surface area contributed by atoms with Gasteiger partial charge >= 0.3 is 12.6 Å². The zero-order valence-corrected chi connectivity index (χ0v) is 6.02. The van der Waals surface area contributed by atoms with Crippen LogP contribution in [0.4, 0.5) is 13.2 Å². The van der Waals surface area contributed by atoms with E-state index in [9.17, 15) is 18.0 Å². The fourth-order valence-electron chi connectivity index (χ4n) is 0.475. The SMILES string of the molecule is CC(F)CCC(=O)OC(F)F. The van der Waals surface area contributed by atoms with Gasteiger partial charge in [0.05, 0.1) is 6.17 Å². The molecular weight excluding hydrogens is 161 g/mol. The van der Waals surface area contributed by atoms with Gasteiger partial charge in [-0.05, 0) is 13.3 Å². The first-order chi connectivity index (χ1) is 5.02. The Hall–Kier alpha value is -0.740. The lowest BCUT2D eigenvalue weighted by molar-refractivity contribution is -0.176. The van der Waals surface area contributed by atoms with Crippen molar-refractivity contribution in [2.75, 3.05) is 0 Å². The molecule has 5 heteroatoms. The van der Waals surface area contributed by atoms with Gasteiger partial charge < -0.3 is 4.74 Å². The molecule has 0 aliphatic heterocycles. The Kier molecular flexibility index (Phi) is 4.65. The molecule has 0 saturated carbocycles. The molecule has 11 heavy (non-hydrogen) atoms. The Morgan fingerprint density at radius 1 is 1.45 bits per heavy atom. The van der Waals surface area contributed by atoms with Crippen LogP contribution in [0.25, 0.3) is 0 Å². The highest BCUT2D eigenvalue weighted by Gasteiger charge is 2.11. The Morgan fingerprint density at radius 3 is 2.36 bits per heavy atom. The lowest BCUT2D eigenvalue weighted by Crippen LogP contribution is -2.10. The van der Waals surface area contributed by atoms with Crippen LogP contribution < -0.4 is 0 Å². The molecule has 0 rings (SSSR count). The fourth-order valence-corrected chi connectivity index (χ4v) is 0.475. The number of esters is 1. The van der Waals surface area contributed by atoms with Crippen molar-refractivity contribution in [3.8, 4) is 0 Å². The molecule has 0 aromatic rings. The van der Waals surface area contributed by atoms with Crippen LogP contribution in [0.2, 0.25) is 0 Å². The van der Waals surface area contributed by atoms with E-state index in [1.54, 1.807) is 0 Å². The Bertz CT molecular complexity index is 125. The summed E-state index contributed by atoms with van der Waals surface area (Å²) in [4.78, 5) is 10.3. The van der Waals surface area contributed by atoms with E-state index in [1.807, 2.05) is 0 Å². The first kappa shape index (κ1) is 10.3. The van der Waals surface area contributed by atoms with Gasteiger partial charge in [0, 0.05) is 6.42 Å². The summed E-state index contributed by atoms with van der Waals surface area (Å²) < 4.78 is 38.0. The summed E-state index contributed by atoms with van der Waals surface area (Å²) in [6.07, 6.45) is -1.55. The van der Waals surface area contributed by atoms with E-state index in [2.05, 4.69) is 4.74 Å². The average molecular weight is 170 g/mol. The maximum absolute atomic E-state index is 12.0. The van der Waals surface area contributed by atoms with Crippen molar-refractivity contribution >= 4 is 5.97 Å². The second kappa shape index (κ2) is 4.98. The van der Waals surface area contributed by atoms with Crippen LogP contribution in [-0.4, -0.2) is 18.8 Å². The van der Waals surface area contributed by atoms with Gasteiger partial charge in [0.25, 0.3) is 0 Å². The van der Waals surface area contributed by atoms with Gasteiger partial charge in [-0.3, -0.25) is 4.79 Å². The second-order valence-corrected chi connectivity index (χ2v) is 2.07. The summed E-state index contributed by atoms with van der Waals surface area (Å²) in [5.41, 5.74) is 0. The zero-order chi connectivity index (χ0) is 8.85. The van der Waals surface area contributed by atoms with Crippen LogP contribution in [0.5, 0.6) is 0 Å². The largest absolute Gasteiger partial charge is 0.403 e. The smallest absolute Gasteiger partial charge is 0.389 e. The molecule has 0 spiro atoms. The van der Waals surface area contributed by atoms with Crippen molar-refractivity contribution in [2.24, 2.45) is 0 Å². The molecule has 0 aromatic carbocycles. The predicted molar refractivity (Wildman–Crippen MR) is 31.9 cm³/mol. The quantitative estimate of drug-likeness (QED) is 0.602. The topological polar surface area (TPSA) is 26.3 Å². The number of hydrogen-bond donors (Lipinski definition) is 0. The minimum atomic E-state index is -3.10. The van der Waals surface area contributed by atoms with Crippen LogP contribution in [-0.2, 0) is 9.53 Å². The summed E-state index contributed by atoms with van der Waals surface area (Å²) in [7, 11) is 0. The number of carbonyl (C=O) groups excluding carboxylic acids is 1. The van der Waals surface area contributed by atoms with E-state index in [-0.39, 0.29) is 12.8 Å². The fraction of sp³-hybridized carbons (Fsp3) is 0.833. The van der Waals surface area contributed by atoms with Gasteiger partial charge in [-0.15, -0.1) is 0 Å². The lowest BCUT2D eigenvalue weighted by Gasteiger charge is -2.02. The molecule has 0 amide bonds. The van der Waals surface area contributed by atoms with Crippen LogP contribution in [0.15, 0.2) is 0 Å². The minimum Gasteiger partial charge on any atom is -0.403 e. The lowest BCUT2D eigenvalue weighted by atomic mass is 10.2. The highest BCUT2D eigenvalue weighted by molar-refractivity contribution is 5.69. The molecule has 1 unspecified atom stereocenters. The summed E-state index contributed by atoms with van der Waals surface area (Å²) in [5.74, 6) is -1.07. The van der Waals surface area contributed by atoms with E-state index in [0.717, 1.165) is 0 Å². The van der Waals surface area contributed by atoms with Crippen LogP contribution in [0.3, 0.4) is 0 Å². The van der Waals surface area contributed by atoms with Crippen molar-refractivity contribution in [1.82, 2.24) is 0 Å². The first-order valence-corrected chi connectivity index (χ1v) is 3.14. The van der Waals surface area contributed by atoms with Crippen molar-refractivity contribution in [3.63, 3.8) is 0 Å². The number of hydrogen-bond acceptors (Lipinski definition) is 2. The highest BCUT2D eigenvalue weighted by atomic mass is 19.3. The molecule has 0 radical (unpaired) electrons. The minimum absolute atomic E-state index is 0.0778. The van der Waals surface area contributed by atoms with Crippen molar-refractivity contribution in [2.45, 2.75) is 32.5 Å². The molecule has 0 saturated heterocycles. The highest BCUT2D eigenvalue weighted by Crippen LogP contribution is 2.04. The molecule has 0 heterocycles. The summed E-state index contributed by atoms with van der Waals surface area (Å²) in [5, 5.41) is 0. The van der Waals surface area contributed by atoms with Gasteiger partial charge in [-0.1, -0.05) is 0 Å². The molecular formula is C6H9F3O2. The standard InChI is InChI=1S/C6H9F3O2/c1-4(7)2-3-5(10)11-6(8)9/h4,6H,2-3H2,1H3. The first-order valence-electron chi connectivity index (χ1n) is 3.14. The zero-order valence-electron chi connectivity index (χ0n) is 6.02. The molecule has 0 fully saturated rings. The Balaban J connectivity index is 3.38. The number of halogens is 3. The maximum Gasteiger partial charge on any atom is 0.389 e. The number of carbonyl (C=O) groups is 1. The molecule has 2 nitrogen and oxygen atoms in total. The van der Waals surface area contributed by atoms with Crippen LogP contribution in [0.1, 0.15) is 19.8 Å². The van der Waals surface area contributed by atoms with Crippen LogP contribution in [0, 0.1) is 0 Å². The van der Waals surface area contributed by atoms with E-state index in [4.69, 9.17) is 0 Å². The normalized spacial score (nSPS) is 13.2. The third kappa shape index (κ3) is 7.15.